The van der Waals surface area contributed by atoms with Gasteiger partial charge < -0.3 is 0 Å². The number of fused-ring (bicyclic) bond motifs is 5. The zero-order valence-electron chi connectivity index (χ0n) is 14.7. The van der Waals surface area contributed by atoms with Gasteiger partial charge in [0.1, 0.15) is 0 Å². The third-order valence-electron chi connectivity index (χ3n) is 8.57. The van der Waals surface area contributed by atoms with Crippen LogP contribution in [0.4, 0.5) is 0 Å². The van der Waals surface area contributed by atoms with E-state index in [0.717, 1.165) is 36.5 Å². The van der Waals surface area contributed by atoms with E-state index in [0.29, 0.717) is 16.6 Å². The van der Waals surface area contributed by atoms with Crippen LogP contribution in [0.3, 0.4) is 0 Å². The largest absolute Gasteiger partial charge is 0.295 e. The monoisotopic (exact) mass is 300 g/mol. The summed E-state index contributed by atoms with van der Waals surface area (Å²) in [6, 6.07) is 0. The van der Waals surface area contributed by atoms with Gasteiger partial charge >= 0.3 is 0 Å². The molecule has 22 heavy (non-hydrogen) atoms. The van der Waals surface area contributed by atoms with Crippen molar-refractivity contribution in [3.63, 3.8) is 0 Å². The molecule has 0 heterocycles. The summed E-state index contributed by atoms with van der Waals surface area (Å²) in [4.78, 5) is 11.8. The lowest BCUT2D eigenvalue weighted by Gasteiger charge is -2.57. The maximum absolute atomic E-state index is 11.8. The molecule has 0 unspecified atom stereocenters. The molecule has 0 amide bonds. The molecule has 122 valence electrons. The number of ketones is 1. The minimum absolute atomic E-state index is 0.394. The van der Waals surface area contributed by atoms with E-state index < -0.39 is 0 Å². The van der Waals surface area contributed by atoms with E-state index in [1.807, 2.05) is 6.08 Å². The smallest absolute Gasteiger partial charge is 0.155 e. The van der Waals surface area contributed by atoms with Gasteiger partial charge in [-0.05, 0) is 91.9 Å². The van der Waals surface area contributed by atoms with Crippen molar-refractivity contribution in [2.75, 3.05) is 0 Å². The Balaban J connectivity index is 1.66. The van der Waals surface area contributed by atoms with Crippen molar-refractivity contribution in [1.29, 1.82) is 0 Å². The summed E-state index contributed by atoms with van der Waals surface area (Å²) < 4.78 is 0. The van der Waals surface area contributed by atoms with Crippen LogP contribution in [-0.2, 0) is 4.79 Å². The molecule has 4 aliphatic carbocycles. The van der Waals surface area contributed by atoms with Crippen molar-refractivity contribution in [2.45, 2.75) is 78.6 Å². The van der Waals surface area contributed by atoms with Gasteiger partial charge in [0.05, 0.1) is 0 Å². The van der Waals surface area contributed by atoms with Crippen molar-refractivity contribution in [1.82, 2.24) is 0 Å². The Kier molecular flexibility index (Phi) is 3.37. The average Bonchev–Trinajstić information content (AvgIpc) is 2.78. The second-order valence-corrected chi connectivity index (χ2v) is 9.27. The molecule has 0 bridgehead atoms. The lowest BCUT2D eigenvalue weighted by Crippen LogP contribution is -2.49. The molecule has 0 aromatic carbocycles. The molecule has 5 atom stereocenters. The molecule has 3 saturated carbocycles. The number of rotatable bonds is 1. The van der Waals surface area contributed by atoms with Gasteiger partial charge in [-0.2, -0.15) is 0 Å². The maximum Gasteiger partial charge on any atom is 0.155 e. The Morgan fingerprint density at radius 1 is 1.05 bits per heavy atom. The highest BCUT2D eigenvalue weighted by molar-refractivity contribution is 5.91. The fraction of sp³-hybridized carbons (Fsp3) is 0.857. The van der Waals surface area contributed by atoms with E-state index in [4.69, 9.17) is 0 Å². The molecule has 1 nitrogen and oxygen atoms in total. The molecule has 3 fully saturated rings. The van der Waals surface area contributed by atoms with Crippen molar-refractivity contribution in [2.24, 2.45) is 34.5 Å². The highest BCUT2D eigenvalue weighted by Crippen LogP contribution is 2.68. The van der Waals surface area contributed by atoms with E-state index in [2.05, 4.69) is 20.8 Å². The van der Waals surface area contributed by atoms with Gasteiger partial charge in [0.15, 0.2) is 5.78 Å². The molecule has 0 spiro atoms. The summed E-state index contributed by atoms with van der Waals surface area (Å²) in [5.41, 5.74) is 2.68. The summed E-state index contributed by atoms with van der Waals surface area (Å²) in [6.45, 7) is 7.54. The quantitative estimate of drug-likeness (QED) is 0.621. The molecule has 4 rings (SSSR count). The van der Waals surface area contributed by atoms with Crippen molar-refractivity contribution in [3.8, 4) is 0 Å². The van der Waals surface area contributed by atoms with E-state index in [1.54, 1.807) is 0 Å². The normalized spacial score (nSPS) is 46.5. The molecule has 0 N–H and O–H groups in total. The summed E-state index contributed by atoms with van der Waals surface area (Å²) in [7, 11) is 0. The van der Waals surface area contributed by atoms with Crippen LogP contribution in [-0.4, -0.2) is 5.78 Å². The zero-order chi connectivity index (χ0) is 15.5. The SMILES string of the molecule is CC[C@]12CC[C@H]3[C@@H](CCC4=CC(=O)CC[C@@H]43)[C@@H]1CCC2(C)C. The first-order valence-electron chi connectivity index (χ1n) is 9.72. The Bertz CT molecular complexity index is 514. The van der Waals surface area contributed by atoms with E-state index >= 15 is 0 Å². The van der Waals surface area contributed by atoms with Gasteiger partial charge in [0.2, 0.25) is 0 Å². The van der Waals surface area contributed by atoms with Crippen molar-refractivity contribution in [3.05, 3.63) is 11.6 Å². The molecule has 0 aliphatic heterocycles. The van der Waals surface area contributed by atoms with Crippen LogP contribution in [0.25, 0.3) is 0 Å². The summed E-state index contributed by atoms with van der Waals surface area (Å²) in [6.07, 6.45) is 13.7. The maximum atomic E-state index is 11.8. The van der Waals surface area contributed by atoms with Gasteiger partial charge in [-0.15, -0.1) is 0 Å². The van der Waals surface area contributed by atoms with Crippen LogP contribution < -0.4 is 0 Å². The number of hydrogen-bond acceptors (Lipinski definition) is 1. The van der Waals surface area contributed by atoms with Crippen molar-refractivity contribution < 1.29 is 4.79 Å². The van der Waals surface area contributed by atoms with Gasteiger partial charge in [0, 0.05) is 6.42 Å². The highest BCUT2D eigenvalue weighted by atomic mass is 16.1. The first-order valence-corrected chi connectivity index (χ1v) is 9.72. The fourth-order valence-corrected chi connectivity index (χ4v) is 7.41. The Hall–Kier alpha value is -0.590. The molecule has 0 aromatic heterocycles. The van der Waals surface area contributed by atoms with Crippen LogP contribution in [0.15, 0.2) is 11.6 Å². The zero-order valence-corrected chi connectivity index (χ0v) is 14.7. The molecule has 4 aliphatic rings. The van der Waals surface area contributed by atoms with Crippen LogP contribution in [0.1, 0.15) is 78.6 Å². The van der Waals surface area contributed by atoms with Crippen LogP contribution in [0.5, 0.6) is 0 Å². The molecule has 0 aromatic rings. The van der Waals surface area contributed by atoms with Crippen molar-refractivity contribution >= 4 is 5.78 Å². The van der Waals surface area contributed by atoms with Gasteiger partial charge in [-0.3, -0.25) is 4.79 Å². The third kappa shape index (κ3) is 1.86. The minimum Gasteiger partial charge on any atom is -0.295 e. The van der Waals surface area contributed by atoms with Gasteiger partial charge in [-0.1, -0.05) is 26.3 Å². The van der Waals surface area contributed by atoms with E-state index in [1.165, 1.54) is 50.5 Å². The van der Waals surface area contributed by atoms with Crippen LogP contribution in [0, 0.1) is 34.5 Å². The highest BCUT2D eigenvalue weighted by Gasteiger charge is 2.60. The fourth-order valence-electron chi connectivity index (χ4n) is 7.41. The predicted molar refractivity (Wildman–Crippen MR) is 90.5 cm³/mol. The van der Waals surface area contributed by atoms with E-state index in [9.17, 15) is 4.79 Å². The minimum atomic E-state index is 0.394. The van der Waals surface area contributed by atoms with Gasteiger partial charge in [0.25, 0.3) is 0 Å². The molecule has 0 radical (unpaired) electrons. The number of carbonyl (C=O) groups is 1. The number of carbonyl (C=O) groups excluding carboxylic acids is 1. The first-order chi connectivity index (χ1) is 10.5. The first kappa shape index (κ1) is 15.0. The average molecular weight is 300 g/mol. The predicted octanol–water partition coefficient (Wildman–Crippen LogP) is 5.54. The third-order valence-corrected chi connectivity index (χ3v) is 8.57. The number of hydrogen-bond donors (Lipinski definition) is 0. The van der Waals surface area contributed by atoms with Crippen LogP contribution in [0.2, 0.25) is 0 Å². The lowest BCUT2D eigenvalue weighted by molar-refractivity contribution is -0.116. The molecule has 1 heteroatoms. The van der Waals surface area contributed by atoms with E-state index in [-0.39, 0.29) is 0 Å². The van der Waals surface area contributed by atoms with Crippen LogP contribution >= 0.6 is 0 Å². The summed E-state index contributed by atoms with van der Waals surface area (Å²) in [5, 5.41) is 0. The topological polar surface area (TPSA) is 17.1 Å². The Morgan fingerprint density at radius 2 is 1.86 bits per heavy atom. The number of allylic oxidation sites excluding steroid dienone is 1. The Morgan fingerprint density at radius 3 is 2.64 bits per heavy atom. The summed E-state index contributed by atoms with van der Waals surface area (Å²) in [5.74, 6) is 3.96. The molecular weight excluding hydrogens is 268 g/mol. The van der Waals surface area contributed by atoms with Gasteiger partial charge in [-0.25, -0.2) is 0 Å². The lowest BCUT2D eigenvalue weighted by atomic mass is 9.48. The standard InChI is InChI=1S/C21H32O/c1-4-21-12-9-17-16-8-6-15(22)13-14(16)5-7-18(17)19(21)10-11-20(21,2)3/h13,16-19H,4-12H2,1-3H3/t16-,17+,18+,19-,21-/m0/s1. The molecule has 0 saturated heterocycles. The molecular formula is C21H32O. The Labute approximate surface area is 135 Å². The summed E-state index contributed by atoms with van der Waals surface area (Å²) >= 11 is 0. The second-order valence-electron chi connectivity index (χ2n) is 9.27. The second kappa shape index (κ2) is 4.95.